The SMILES string of the molecule is CC/C(=C(\c1ccc(O)cc1)c1ccc(OCCNC(=O)COCCOCCOCCOc2cccc(C(=O)c3csc([C@@H]4CCCN4C(=O)/C(Cc4ccccc4)=N/C(=O)[C@H](C)NC)n3)c2)cc1)c1ccccc1. The summed E-state index contributed by atoms with van der Waals surface area (Å²) in [5.41, 5.74) is 7.19. The summed E-state index contributed by atoms with van der Waals surface area (Å²) >= 11 is 1.33. The second-order valence-corrected chi connectivity index (χ2v) is 18.5. The number of aromatic hydroxyl groups is 1. The molecule has 0 bridgehead atoms. The molecule has 3 N–H and O–H groups in total. The molecule has 0 radical (unpaired) electrons. The number of ether oxygens (including phenoxy) is 5. The molecule has 1 aromatic heterocycles. The highest BCUT2D eigenvalue weighted by Crippen LogP contribution is 2.37. The average molecular weight is 1040 g/mol. The molecule has 1 aliphatic rings. The number of nitrogens with one attached hydrogen (secondary N) is 2. The number of amides is 3. The largest absolute Gasteiger partial charge is 0.508 e. The number of aromatic nitrogens is 1. The van der Waals surface area contributed by atoms with Gasteiger partial charge in [-0.05, 0) is 103 Å². The molecule has 0 unspecified atom stereocenters. The standard InChI is InChI=1S/C59H65N5O10S/c1-4-50(43-15-9-6-10-16-43)55(44-20-24-47(65)25-21-44)45-22-26-48(27-23-45)73-30-28-61-54(66)39-72-34-33-70-31-32-71-35-36-74-49-18-11-17-46(38-49)56(67)52-40-75-58(63-52)53-19-12-29-64(53)59(69)51(62-57(68)41(2)60-3)37-42-13-7-5-8-14-42/h5-11,13-18,20-27,38,40-41,53,60,65H,4,12,19,28-37,39H2,1-3H3,(H,61,66)/b55-50-,62-51+/t41-,53-/m0/s1. The Morgan fingerprint density at radius 3 is 2.08 bits per heavy atom. The minimum Gasteiger partial charge on any atom is -0.508 e. The van der Waals surface area contributed by atoms with Crippen LogP contribution < -0.4 is 20.1 Å². The quantitative estimate of drug-likeness (QED) is 0.0184. The van der Waals surface area contributed by atoms with Crippen molar-refractivity contribution in [2.45, 2.75) is 51.6 Å². The molecular weight excluding hydrogens is 971 g/mol. The van der Waals surface area contributed by atoms with E-state index in [1.54, 1.807) is 60.6 Å². The van der Waals surface area contributed by atoms with E-state index in [1.165, 1.54) is 16.9 Å². The van der Waals surface area contributed by atoms with Crippen molar-refractivity contribution in [3.63, 3.8) is 0 Å². The Kier molecular flexibility index (Phi) is 21.4. The summed E-state index contributed by atoms with van der Waals surface area (Å²) < 4.78 is 28.5. The minimum absolute atomic E-state index is 0.104. The van der Waals surface area contributed by atoms with Gasteiger partial charge in [0.05, 0.1) is 51.7 Å². The lowest BCUT2D eigenvalue weighted by Gasteiger charge is -2.24. The highest BCUT2D eigenvalue weighted by Gasteiger charge is 2.35. The Morgan fingerprint density at radius 2 is 1.39 bits per heavy atom. The first-order valence-electron chi connectivity index (χ1n) is 25.3. The summed E-state index contributed by atoms with van der Waals surface area (Å²) in [5, 5.41) is 18.0. The first-order valence-corrected chi connectivity index (χ1v) is 26.2. The molecule has 75 heavy (non-hydrogen) atoms. The van der Waals surface area contributed by atoms with Crippen molar-refractivity contribution in [1.29, 1.82) is 0 Å². The van der Waals surface area contributed by atoms with Crippen molar-refractivity contribution in [2.24, 2.45) is 4.99 Å². The first-order chi connectivity index (χ1) is 36.6. The van der Waals surface area contributed by atoms with E-state index in [0.29, 0.717) is 68.0 Å². The van der Waals surface area contributed by atoms with Gasteiger partial charge in [0.25, 0.3) is 11.8 Å². The number of likely N-dealkylation sites (N-methyl/N-ethyl adjacent to an activating group) is 1. The molecule has 15 nitrogen and oxygen atoms in total. The summed E-state index contributed by atoms with van der Waals surface area (Å²) in [4.78, 5) is 63.6. The molecule has 3 amide bonds. The second-order valence-electron chi connectivity index (χ2n) is 17.6. The number of likely N-dealkylation sites (tertiary alicyclic amines) is 1. The molecule has 0 aliphatic carbocycles. The molecular formula is C59H65N5O10S. The van der Waals surface area contributed by atoms with Crippen molar-refractivity contribution in [3.8, 4) is 17.2 Å². The van der Waals surface area contributed by atoms with Gasteiger partial charge in [0, 0.05) is 23.9 Å². The van der Waals surface area contributed by atoms with E-state index >= 15 is 0 Å². The number of phenolic OH excluding ortho intramolecular Hbond substituents is 1. The summed E-state index contributed by atoms with van der Waals surface area (Å²) in [5.74, 6) is 0.154. The number of aliphatic imine (C=N–C) groups is 1. The van der Waals surface area contributed by atoms with Gasteiger partial charge in [0.1, 0.15) is 53.5 Å². The molecule has 392 valence electrons. The van der Waals surface area contributed by atoms with Gasteiger partial charge in [-0.15, -0.1) is 11.3 Å². The smallest absolute Gasteiger partial charge is 0.269 e. The lowest BCUT2D eigenvalue weighted by molar-refractivity contribution is -0.126. The zero-order valence-corrected chi connectivity index (χ0v) is 43.5. The van der Waals surface area contributed by atoms with E-state index in [9.17, 15) is 24.3 Å². The summed E-state index contributed by atoms with van der Waals surface area (Å²) in [6, 6.07) is 40.9. The van der Waals surface area contributed by atoms with Gasteiger partial charge in [0.2, 0.25) is 11.7 Å². The maximum absolute atomic E-state index is 14.0. The molecule has 0 saturated carbocycles. The molecule has 0 spiro atoms. The van der Waals surface area contributed by atoms with Crippen LogP contribution in [0.3, 0.4) is 0 Å². The van der Waals surface area contributed by atoms with Gasteiger partial charge >= 0.3 is 0 Å². The van der Waals surface area contributed by atoms with Crippen LogP contribution in [0.4, 0.5) is 0 Å². The number of hydrogen-bond donors (Lipinski definition) is 3. The number of rotatable bonds is 28. The van der Waals surface area contributed by atoms with E-state index in [1.807, 2.05) is 84.9 Å². The number of carbonyl (C=O) groups is 4. The van der Waals surface area contributed by atoms with Crippen molar-refractivity contribution < 1.29 is 48.0 Å². The fourth-order valence-corrected chi connectivity index (χ4v) is 9.36. The van der Waals surface area contributed by atoms with Crippen LogP contribution in [0.1, 0.15) is 82.5 Å². The van der Waals surface area contributed by atoms with Crippen LogP contribution in [0.25, 0.3) is 11.1 Å². The fraction of sp³-hybridized carbons (Fsp3) is 0.322. The van der Waals surface area contributed by atoms with Crippen molar-refractivity contribution >= 4 is 51.7 Å². The predicted octanol–water partition coefficient (Wildman–Crippen LogP) is 8.55. The average Bonchev–Trinajstić information content (AvgIpc) is 4.15. The lowest BCUT2D eigenvalue weighted by Crippen LogP contribution is -2.39. The van der Waals surface area contributed by atoms with Gasteiger partial charge < -0.3 is 44.3 Å². The van der Waals surface area contributed by atoms with Crippen molar-refractivity contribution in [2.75, 3.05) is 73.0 Å². The van der Waals surface area contributed by atoms with Gasteiger partial charge in [-0.2, -0.15) is 0 Å². The Morgan fingerprint density at radius 1 is 0.747 bits per heavy atom. The third-order valence-corrected chi connectivity index (χ3v) is 13.3. The van der Waals surface area contributed by atoms with E-state index in [0.717, 1.165) is 40.7 Å². The highest BCUT2D eigenvalue weighted by atomic mass is 32.1. The molecule has 1 saturated heterocycles. The molecule has 5 aromatic carbocycles. The summed E-state index contributed by atoms with van der Waals surface area (Å²) in [6.07, 6.45) is 2.47. The monoisotopic (exact) mass is 1040 g/mol. The van der Waals surface area contributed by atoms with Gasteiger partial charge in [-0.3, -0.25) is 19.2 Å². The number of ketones is 1. The van der Waals surface area contributed by atoms with Gasteiger partial charge in [0.15, 0.2) is 0 Å². The van der Waals surface area contributed by atoms with Crippen LogP contribution in [-0.2, 0) is 35.0 Å². The highest BCUT2D eigenvalue weighted by molar-refractivity contribution is 7.10. The van der Waals surface area contributed by atoms with Crippen molar-refractivity contribution in [3.05, 3.63) is 177 Å². The maximum atomic E-state index is 14.0. The zero-order chi connectivity index (χ0) is 52.8. The Balaban J connectivity index is 0.757. The Hall–Kier alpha value is -7.34. The van der Waals surface area contributed by atoms with Crippen LogP contribution in [0, 0.1) is 0 Å². The molecule has 7 rings (SSSR count). The van der Waals surface area contributed by atoms with E-state index in [4.69, 9.17) is 28.7 Å². The fourth-order valence-electron chi connectivity index (χ4n) is 8.42. The van der Waals surface area contributed by atoms with Gasteiger partial charge in [-0.25, -0.2) is 9.98 Å². The maximum Gasteiger partial charge on any atom is 0.269 e. The number of thiazole rings is 1. The third-order valence-electron chi connectivity index (χ3n) is 12.4. The van der Waals surface area contributed by atoms with Gasteiger partial charge in [-0.1, -0.05) is 104 Å². The number of nitrogens with zero attached hydrogens (tertiary/aromatic N) is 3. The Labute approximate surface area is 442 Å². The van der Waals surface area contributed by atoms with Crippen molar-refractivity contribution in [1.82, 2.24) is 20.5 Å². The third kappa shape index (κ3) is 16.3. The van der Waals surface area contributed by atoms with Crippen LogP contribution in [0.15, 0.2) is 144 Å². The number of phenols is 1. The molecule has 6 aromatic rings. The molecule has 2 atom stereocenters. The van der Waals surface area contributed by atoms with E-state index in [-0.39, 0.29) is 73.6 Å². The van der Waals surface area contributed by atoms with Crippen LogP contribution >= 0.6 is 11.3 Å². The number of hydrogen-bond acceptors (Lipinski definition) is 13. The minimum atomic E-state index is -0.543. The summed E-state index contributed by atoms with van der Waals surface area (Å²) in [7, 11) is 1.67. The zero-order valence-electron chi connectivity index (χ0n) is 42.7. The number of benzene rings is 5. The topological polar surface area (TPSA) is 187 Å². The number of allylic oxidation sites excluding steroid dienone is 1. The lowest BCUT2D eigenvalue weighted by atomic mass is 9.88. The van der Waals surface area contributed by atoms with Crippen LogP contribution in [0.2, 0.25) is 0 Å². The second kappa shape index (κ2) is 28.9. The normalized spacial score (nSPS) is 14.3. The molecule has 16 heteroatoms. The predicted molar refractivity (Wildman–Crippen MR) is 290 cm³/mol. The van der Waals surface area contributed by atoms with E-state index < -0.39 is 11.9 Å². The Bertz CT molecular complexity index is 2860. The van der Waals surface area contributed by atoms with E-state index in [2.05, 4.69) is 34.7 Å². The molecule has 2 heterocycles. The van der Waals surface area contributed by atoms with Crippen LogP contribution in [-0.4, -0.2) is 123 Å². The van der Waals surface area contributed by atoms with Crippen LogP contribution in [0.5, 0.6) is 17.2 Å². The number of carbonyl (C=O) groups excluding carboxylic acids is 4. The molecule has 1 fully saturated rings. The molecule has 1 aliphatic heterocycles. The first kappa shape index (κ1) is 55.4. The summed E-state index contributed by atoms with van der Waals surface area (Å²) in [6.45, 7) is 6.58.